The average Bonchev–Trinajstić information content (AvgIpc) is 3.21. The van der Waals surface area contributed by atoms with Gasteiger partial charge in [-0.25, -0.2) is 0 Å². The van der Waals surface area contributed by atoms with E-state index in [9.17, 15) is 4.79 Å². The molecule has 3 heterocycles. The lowest BCUT2D eigenvalue weighted by molar-refractivity contribution is -0.119. The number of furan rings is 1. The third-order valence-electron chi connectivity index (χ3n) is 4.73. The Balaban J connectivity index is 1.66. The van der Waals surface area contributed by atoms with E-state index in [1.54, 1.807) is 13.2 Å². The standard InChI is InChI=1S/C20H29N5O2/c1-15(2)14-18(21-16(3)26)20-23-22-19-8-10-24(11-12-25(19)20)9-4-6-17-7-5-13-27-17/h4-7,13,15,18H,8-12,14H2,1-3H3,(H,21,26)/b6-4+. The molecule has 1 aliphatic rings. The summed E-state index contributed by atoms with van der Waals surface area (Å²) in [5.74, 6) is 3.18. The fourth-order valence-electron chi connectivity index (χ4n) is 3.48. The molecule has 1 amide bonds. The van der Waals surface area contributed by atoms with E-state index in [0.717, 1.165) is 56.4 Å². The van der Waals surface area contributed by atoms with Crippen molar-refractivity contribution in [1.29, 1.82) is 0 Å². The van der Waals surface area contributed by atoms with Crippen molar-refractivity contribution in [2.24, 2.45) is 5.92 Å². The predicted molar refractivity (Wildman–Crippen MR) is 104 cm³/mol. The van der Waals surface area contributed by atoms with Crippen molar-refractivity contribution in [2.75, 3.05) is 19.6 Å². The van der Waals surface area contributed by atoms with E-state index in [0.29, 0.717) is 5.92 Å². The Morgan fingerprint density at radius 2 is 2.19 bits per heavy atom. The van der Waals surface area contributed by atoms with Gasteiger partial charge in [-0.3, -0.25) is 9.69 Å². The van der Waals surface area contributed by atoms with Gasteiger partial charge < -0.3 is 14.3 Å². The summed E-state index contributed by atoms with van der Waals surface area (Å²) in [7, 11) is 0. The van der Waals surface area contributed by atoms with Gasteiger partial charge in [-0.2, -0.15) is 0 Å². The molecular weight excluding hydrogens is 342 g/mol. The van der Waals surface area contributed by atoms with E-state index >= 15 is 0 Å². The van der Waals surface area contributed by atoms with Crippen LogP contribution in [0.4, 0.5) is 0 Å². The van der Waals surface area contributed by atoms with Crippen molar-refractivity contribution in [1.82, 2.24) is 25.0 Å². The van der Waals surface area contributed by atoms with Gasteiger partial charge in [-0.1, -0.05) is 19.9 Å². The van der Waals surface area contributed by atoms with Crippen LogP contribution in [-0.4, -0.2) is 45.2 Å². The first-order valence-electron chi connectivity index (χ1n) is 9.64. The molecule has 0 spiro atoms. The van der Waals surface area contributed by atoms with E-state index in [4.69, 9.17) is 4.42 Å². The number of nitrogens with one attached hydrogen (secondary N) is 1. The molecule has 0 aromatic carbocycles. The van der Waals surface area contributed by atoms with Crippen molar-refractivity contribution >= 4 is 12.0 Å². The van der Waals surface area contributed by atoms with Gasteiger partial charge >= 0.3 is 0 Å². The summed E-state index contributed by atoms with van der Waals surface area (Å²) in [6, 6.07) is 3.75. The quantitative estimate of drug-likeness (QED) is 0.810. The molecular formula is C20H29N5O2. The zero-order valence-corrected chi connectivity index (χ0v) is 16.4. The lowest BCUT2D eigenvalue weighted by Gasteiger charge is -2.21. The maximum atomic E-state index is 11.6. The minimum atomic E-state index is -0.0888. The Morgan fingerprint density at radius 3 is 2.89 bits per heavy atom. The molecule has 0 radical (unpaired) electrons. The molecule has 0 saturated heterocycles. The van der Waals surface area contributed by atoms with E-state index in [-0.39, 0.29) is 11.9 Å². The number of hydrogen-bond donors (Lipinski definition) is 1. The van der Waals surface area contributed by atoms with E-state index in [1.165, 1.54) is 0 Å². The number of aromatic nitrogens is 3. The zero-order valence-electron chi connectivity index (χ0n) is 16.4. The van der Waals surface area contributed by atoms with Gasteiger partial charge in [0.25, 0.3) is 0 Å². The first-order chi connectivity index (χ1) is 13.0. The summed E-state index contributed by atoms with van der Waals surface area (Å²) in [6.07, 6.45) is 7.53. The largest absolute Gasteiger partial charge is 0.465 e. The van der Waals surface area contributed by atoms with Crippen molar-refractivity contribution in [3.05, 3.63) is 41.9 Å². The number of carbonyl (C=O) groups is 1. The summed E-state index contributed by atoms with van der Waals surface area (Å²) in [6.45, 7) is 9.43. The second kappa shape index (κ2) is 8.99. The fraction of sp³-hybridized carbons (Fsp3) is 0.550. The summed E-state index contributed by atoms with van der Waals surface area (Å²) >= 11 is 0. The van der Waals surface area contributed by atoms with Crippen LogP contribution in [0.5, 0.6) is 0 Å². The highest BCUT2D eigenvalue weighted by Gasteiger charge is 2.25. The van der Waals surface area contributed by atoms with Crippen LogP contribution in [0.2, 0.25) is 0 Å². The number of rotatable bonds is 7. The van der Waals surface area contributed by atoms with Crippen molar-refractivity contribution in [3.8, 4) is 0 Å². The summed E-state index contributed by atoms with van der Waals surface area (Å²) in [5, 5.41) is 11.9. The Hall–Kier alpha value is -2.41. The number of hydrogen-bond acceptors (Lipinski definition) is 5. The molecule has 7 nitrogen and oxygen atoms in total. The smallest absolute Gasteiger partial charge is 0.217 e. The lowest BCUT2D eigenvalue weighted by atomic mass is 10.0. The first kappa shape index (κ1) is 19.4. The Morgan fingerprint density at radius 1 is 1.33 bits per heavy atom. The SMILES string of the molecule is CC(=O)NC(CC(C)C)c1nnc2n1CCN(C/C=C/c1ccco1)CC2. The van der Waals surface area contributed by atoms with Crippen LogP contribution in [0.3, 0.4) is 0 Å². The van der Waals surface area contributed by atoms with Crippen LogP contribution in [0, 0.1) is 5.92 Å². The maximum absolute atomic E-state index is 11.6. The molecule has 0 aliphatic carbocycles. The number of amides is 1. The molecule has 1 N–H and O–H groups in total. The maximum Gasteiger partial charge on any atom is 0.217 e. The lowest BCUT2D eigenvalue weighted by Crippen LogP contribution is -2.31. The van der Waals surface area contributed by atoms with Crippen LogP contribution in [0.25, 0.3) is 6.08 Å². The number of nitrogens with zero attached hydrogens (tertiary/aromatic N) is 4. The normalized spacial score (nSPS) is 16.4. The van der Waals surface area contributed by atoms with Crippen molar-refractivity contribution < 1.29 is 9.21 Å². The molecule has 27 heavy (non-hydrogen) atoms. The molecule has 1 aliphatic heterocycles. The molecule has 146 valence electrons. The zero-order chi connectivity index (χ0) is 19.2. The predicted octanol–water partition coefficient (Wildman–Crippen LogP) is 2.67. The Bertz CT molecular complexity index is 763. The molecule has 0 fully saturated rings. The second-order valence-corrected chi connectivity index (χ2v) is 7.48. The van der Waals surface area contributed by atoms with Gasteiger partial charge in [0.2, 0.25) is 5.91 Å². The average molecular weight is 371 g/mol. The molecule has 2 aromatic rings. The second-order valence-electron chi connectivity index (χ2n) is 7.48. The van der Waals surface area contributed by atoms with Gasteiger partial charge in [-0.05, 0) is 30.5 Å². The summed E-state index contributed by atoms with van der Waals surface area (Å²) < 4.78 is 7.52. The summed E-state index contributed by atoms with van der Waals surface area (Å²) in [4.78, 5) is 14.0. The number of fused-ring (bicyclic) bond motifs is 1. The molecule has 2 aromatic heterocycles. The number of carbonyl (C=O) groups excluding carboxylic acids is 1. The molecule has 0 bridgehead atoms. The van der Waals surface area contributed by atoms with Crippen LogP contribution < -0.4 is 5.32 Å². The van der Waals surface area contributed by atoms with Gasteiger partial charge in [0.1, 0.15) is 11.6 Å². The molecule has 1 unspecified atom stereocenters. The topological polar surface area (TPSA) is 76.2 Å². The van der Waals surface area contributed by atoms with Crippen LogP contribution >= 0.6 is 0 Å². The van der Waals surface area contributed by atoms with Crippen LogP contribution in [-0.2, 0) is 17.8 Å². The van der Waals surface area contributed by atoms with Crippen molar-refractivity contribution in [3.63, 3.8) is 0 Å². The van der Waals surface area contributed by atoms with Gasteiger partial charge in [0, 0.05) is 39.5 Å². The highest BCUT2D eigenvalue weighted by atomic mass is 16.3. The Kier molecular flexibility index (Phi) is 6.45. The molecule has 0 saturated carbocycles. The highest BCUT2D eigenvalue weighted by molar-refractivity contribution is 5.73. The third-order valence-corrected chi connectivity index (χ3v) is 4.73. The Labute approximate surface area is 160 Å². The molecule has 1 atom stereocenters. The van der Waals surface area contributed by atoms with Crippen molar-refractivity contribution in [2.45, 2.75) is 46.2 Å². The van der Waals surface area contributed by atoms with E-state index < -0.39 is 0 Å². The fourth-order valence-corrected chi connectivity index (χ4v) is 3.48. The molecule has 3 rings (SSSR count). The minimum absolute atomic E-state index is 0.0312. The minimum Gasteiger partial charge on any atom is -0.465 e. The van der Waals surface area contributed by atoms with Gasteiger partial charge in [0.15, 0.2) is 5.82 Å². The first-order valence-corrected chi connectivity index (χ1v) is 9.64. The van der Waals surface area contributed by atoms with E-state index in [1.807, 2.05) is 18.2 Å². The third kappa shape index (κ3) is 5.29. The van der Waals surface area contributed by atoms with Gasteiger partial charge in [0.05, 0.1) is 12.3 Å². The van der Waals surface area contributed by atoms with E-state index in [2.05, 4.69) is 44.9 Å². The monoisotopic (exact) mass is 371 g/mol. The van der Waals surface area contributed by atoms with Crippen LogP contribution in [0.1, 0.15) is 50.6 Å². The highest BCUT2D eigenvalue weighted by Crippen LogP contribution is 2.22. The molecule has 7 heteroatoms. The van der Waals surface area contributed by atoms with Gasteiger partial charge in [-0.15, -0.1) is 10.2 Å². The summed E-state index contributed by atoms with van der Waals surface area (Å²) in [5.41, 5.74) is 0. The van der Waals surface area contributed by atoms with Crippen LogP contribution in [0.15, 0.2) is 28.9 Å².